The third-order valence-corrected chi connectivity index (χ3v) is 1.83. The zero-order valence-electron chi connectivity index (χ0n) is 8.58. The monoisotopic (exact) mass is 243 g/mol. The van der Waals surface area contributed by atoms with Crippen LogP contribution in [-0.2, 0) is 9.59 Å². The number of amides is 1. The van der Waals surface area contributed by atoms with Gasteiger partial charge in [0.25, 0.3) is 0 Å². The van der Waals surface area contributed by atoms with E-state index in [0.717, 1.165) is 0 Å². The molecule has 0 bridgehead atoms. The largest absolute Gasteiger partial charge is 0.480 e. The van der Waals surface area contributed by atoms with Gasteiger partial charge >= 0.3 is 18.1 Å². The van der Waals surface area contributed by atoms with E-state index in [1.165, 1.54) is 19.2 Å². The molecule has 5 nitrogen and oxygen atoms in total. The molecule has 0 heterocycles. The van der Waals surface area contributed by atoms with Crippen molar-refractivity contribution < 1.29 is 33.0 Å². The minimum Gasteiger partial charge on any atom is -0.480 e. The number of nitrogens with one attached hydrogen (secondary N) is 1. The van der Waals surface area contributed by atoms with Crippen molar-refractivity contribution in [2.75, 3.05) is 0 Å². The molecule has 0 aliphatic carbocycles. The van der Waals surface area contributed by atoms with Crippen LogP contribution in [0.25, 0.3) is 0 Å². The predicted octanol–water partition coefficient (Wildman–Crippen LogP) is 0.135. The Morgan fingerprint density at radius 2 is 1.69 bits per heavy atom. The topological polar surface area (TPSA) is 86.6 Å². The minimum atomic E-state index is -5.18. The van der Waals surface area contributed by atoms with E-state index in [4.69, 9.17) is 5.11 Å². The number of carbonyl (C=O) groups excluding carboxylic acids is 1. The average Bonchev–Trinajstić information content (AvgIpc) is 2.10. The predicted molar refractivity (Wildman–Crippen MR) is 46.5 cm³/mol. The van der Waals surface area contributed by atoms with Crippen LogP contribution in [0.1, 0.15) is 13.8 Å². The summed E-state index contributed by atoms with van der Waals surface area (Å²) in [7, 11) is 0. The summed E-state index contributed by atoms with van der Waals surface area (Å²) in [5, 5.41) is 19.1. The minimum absolute atomic E-state index is 0.602. The van der Waals surface area contributed by atoms with Gasteiger partial charge in [-0.05, 0) is 5.92 Å². The van der Waals surface area contributed by atoms with Crippen LogP contribution in [0, 0.1) is 5.92 Å². The van der Waals surface area contributed by atoms with Gasteiger partial charge in [0.2, 0.25) is 0 Å². The molecule has 0 rings (SSSR count). The molecule has 94 valence electrons. The fourth-order valence-corrected chi connectivity index (χ4v) is 0.901. The SMILES string of the molecule is CC(C)C(O)C(NC(=O)C(F)(F)F)C(=O)O. The normalized spacial score (nSPS) is 15.7. The van der Waals surface area contributed by atoms with Crippen molar-refractivity contribution in [1.82, 2.24) is 5.32 Å². The number of aliphatic hydroxyl groups excluding tert-OH is 1. The maximum atomic E-state index is 11.9. The van der Waals surface area contributed by atoms with Crippen molar-refractivity contribution >= 4 is 11.9 Å². The highest BCUT2D eigenvalue weighted by Gasteiger charge is 2.42. The second-order valence-corrected chi connectivity index (χ2v) is 3.52. The standard InChI is InChI=1S/C8H12F3NO4/c1-3(2)5(13)4(6(14)15)12-7(16)8(9,10)11/h3-5,13H,1-2H3,(H,12,16)(H,14,15). The van der Waals surface area contributed by atoms with Crippen molar-refractivity contribution in [3.63, 3.8) is 0 Å². The van der Waals surface area contributed by atoms with Crippen LogP contribution in [0.15, 0.2) is 0 Å². The molecular formula is C8H12F3NO4. The number of hydrogen-bond acceptors (Lipinski definition) is 3. The lowest BCUT2D eigenvalue weighted by Crippen LogP contribution is -2.53. The van der Waals surface area contributed by atoms with Gasteiger partial charge in [0.05, 0.1) is 6.10 Å². The van der Waals surface area contributed by atoms with Gasteiger partial charge < -0.3 is 15.5 Å². The van der Waals surface area contributed by atoms with Gasteiger partial charge in [-0.25, -0.2) is 4.79 Å². The number of carboxylic acids is 1. The van der Waals surface area contributed by atoms with E-state index in [1.807, 2.05) is 0 Å². The molecule has 0 saturated heterocycles. The van der Waals surface area contributed by atoms with Crippen LogP contribution in [-0.4, -0.2) is 40.4 Å². The van der Waals surface area contributed by atoms with E-state index in [0.29, 0.717) is 0 Å². The summed E-state index contributed by atoms with van der Waals surface area (Å²) in [5.74, 6) is -4.71. The average molecular weight is 243 g/mol. The van der Waals surface area contributed by atoms with Crippen LogP contribution in [0.5, 0.6) is 0 Å². The summed E-state index contributed by atoms with van der Waals surface area (Å²) in [6, 6.07) is -1.98. The fraction of sp³-hybridized carbons (Fsp3) is 0.750. The molecule has 0 saturated carbocycles. The molecule has 0 spiro atoms. The number of alkyl halides is 3. The van der Waals surface area contributed by atoms with Gasteiger partial charge in [-0.2, -0.15) is 13.2 Å². The molecule has 2 unspecified atom stereocenters. The Morgan fingerprint density at radius 3 is 1.94 bits per heavy atom. The van der Waals surface area contributed by atoms with E-state index in [-0.39, 0.29) is 0 Å². The lowest BCUT2D eigenvalue weighted by atomic mass is 10.00. The first-order valence-corrected chi connectivity index (χ1v) is 4.36. The number of aliphatic hydroxyl groups is 1. The molecule has 0 fully saturated rings. The number of aliphatic carboxylic acids is 1. The third kappa shape index (κ3) is 4.05. The smallest absolute Gasteiger partial charge is 0.471 e. The van der Waals surface area contributed by atoms with Crippen LogP contribution >= 0.6 is 0 Å². The fourth-order valence-electron chi connectivity index (χ4n) is 0.901. The van der Waals surface area contributed by atoms with Gasteiger partial charge in [-0.3, -0.25) is 4.79 Å². The zero-order chi connectivity index (χ0) is 13.1. The Morgan fingerprint density at radius 1 is 1.25 bits per heavy atom. The quantitative estimate of drug-likeness (QED) is 0.655. The number of halogens is 3. The molecule has 16 heavy (non-hydrogen) atoms. The summed E-state index contributed by atoms with van der Waals surface area (Å²) in [6.45, 7) is 2.83. The number of rotatable bonds is 4. The summed E-state index contributed by atoms with van der Waals surface area (Å²) >= 11 is 0. The van der Waals surface area contributed by atoms with Crippen LogP contribution in [0.3, 0.4) is 0 Å². The third-order valence-electron chi connectivity index (χ3n) is 1.83. The van der Waals surface area contributed by atoms with Gasteiger partial charge in [-0.1, -0.05) is 13.8 Å². The van der Waals surface area contributed by atoms with Crippen molar-refractivity contribution in [2.45, 2.75) is 32.2 Å². The first-order valence-electron chi connectivity index (χ1n) is 4.36. The maximum Gasteiger partial charge on any atom is 0.471 e. The lowest BCUT2D eigenvalue weighted by molar-refractivity contribution is -0.177. The Hall–Kier alpha value is -1.31. The Labute approximate surface area is 89.3 Å². The van der Waals surface area contributed by atoms with Gasteiger partial charge in [-0.15, -0.1) is 0 Å². The molecule has 0 aliphatic heterocycles. The van der Waals surface area contributed by atoms with E-state index >= 15 is 0 Å². The first-order chi connectivity index (χ1) is 7.07. The first kappa shape index (κ1) is 14.7. The Balaban J connectivity index is 4.72. The maximum absolute atomic E-state index is 11.9. The molecule has 0 aromatic carbocycles. The number of hydrogen-bond donors (Lipinski definition) is 3. The second-order valence-electron chi connectivity index (χ2n) is 3.52. The molecule has 8 heteroatoms. The highest BCUT2D eigenvalue weighted by Crippen LogP contribution is 2.16. The van der Waals surface area contributed by atoms with Gasteiger partial charge in [0.1, 0.15) is 0 Å². The molecule has 0 aromatic heterocycles. The summed E-state index contributed by atoms with van der Waals surface area (Å²) in [4.78, 5) is 21.1. The van der Waals surface area contributed by atoms with Crippen LogP contribution in [0.2, 0.25) is 0 Å². The number of carboxylic acid groups (broad SMARTS) is 1. The highest BCUT2D eigenvalue weighted by molar-refractivity contribution is 5.87. The Kier molecular flexibility index (Phi) is 4.73. The second kappa shape index (κ2) is 5.15. The van der Waals surface area contributed by atoms with Crippen molar-refractivity contribution in [3.8, 4) is 0 Å². The summed E-state index contributed by atoms with van der Waals surface area (Å²) in [5.41, 5.74) is 0. The zero-order valence-corrected chi connectivity index (χ0v) is 8.58. The van der Waals surface area contributed by atoms with E-state index in [1.54, 1.807) is 0 Å². The molecule has 1 amide bonds. The summed E-state index contributed by atoms with van der Waals surface area (Å²) < 4.78 is 35.6. The highest BCUT2D eigenvalue weighted by atomic mass is 19.4. The summed E-state index contributed by atoms with van der Waals surface area (Å²) in [6.07, 6.45) is -6.77. The molecule has 3 N–H and O–H groups in total. The molecule has 0 aromatic rings. The number of carbonyl (C=O) groups is 2. The van der Waals surface area contributed by atoms with Crippen molar-refractivity contribution in [2.24, 2.45) is 5.92 Å². The van der Waals surface area contributed by atoms with Gasteiger partial charge in [0.15, 0.2) is 6.04 Å². The molecule has 0 radical (unpaired) electrons. The van der Waals surface area contributed by atoms with E-state index in [2.05, 4.69) is 0 Å². The molecular weight excluding hydrogens is 231 g/mol. The van der Waals surface area contributed by atoms with Crippen LogP contribution in [0.4, 0.5) is 13.2 Å². The van der Waals surface area contributed by atoms with Crippen LogP contribution < -0.4 is 5.32 Å². The van der Waals surface area contributed by atoms with E-state index in [9.17, 15) is 27.9 Å². The lowest BCUT2D eigenvalue weighted by Gasteiger charge is -2.23. The van der Waals surface area contributed by atoms with Crippen molar-refractivity contribution in [1.29, 1.82) is 0 Å². The molecule has 2 atom stereocenters. The van der Waals surface area contributed by atoms with E-state index < -0.39 is 36.1 Å². The van der Waals surface area contributed by atoms with Crippen molar-refractivity contribution in [3.05, 3.63) is 0 Å². The molecule has 0 aliphatic rings. The van der Waals surface area contributed by atoms with Gasteiger partial charge in [0, 0.05) is 0 Å². The Bertz CT molecular complexity index is 277.